The van der Waals surface area contributed by atoms with Crippen molar-refractivity contribution >= 4 is 17.3 Å². The summed E-state index contributed by atoms with van der Waals surface area (Å²) in [6.45, 7) is 9.30. The van der Waals surface area contributed by atoms with E-state index >= 15 is 0 Å². The molecule has 2 atom stereocenters. The maximum atomic E-state index is 6.47. The summed E-state index contributed by atoms with van der Waals surface area (Å²) >= 11 is 6.47. The minimum atomic E-state index is 0.0838. The van der Waals surface area contributed by atoms with Crippen LogP contribution in [0.4, 0.5) is 5.69 Å². The first-order chi connectivity index (χ1) is 9.92. The molecule has 2 bridgehead atoms. The molecule has 2 saturated heterocycles. The SMILES string of the molecule is CC(C)(C)NCc1c(Cl)cccc1N1CC2CCC(C1)O2. The molecule has 1 aromatic carbocycles. The van der Waals surface area contributed by atoms with Crippen LogP contribution in [0.1, 0.15) is 39.2 Å². The fourth-order valence-corrected chi connectivity index (χ4v) is 3.42. The van der Waals surface area contributed by atoms with Gasteiger partial charge in [0.2, 0.25) is 0 Å². The van der Waals surface area contributed by atoms with E-state index in [0.29, 0.717) is 12.2 Å². The Morgan fingerprint density at radius 1 is 1.24 bits per heavy atom. The number of hydrogen-bond acceptors (Lipinski definition) is 3. The van der Waals surface area contributed by atoms with E-state index < -0.39 is 0 Å². The van der Waals surface area contributed by atoms with Gasteiger partial charge in [0.25, 0.3) is 0 Å². The Bertz CT molecular complexity index is 500. The monoisotopic (exact) mass is 308 g/mol. The molecule has 116 valence electrons. The van der Waals surface area contributed by atoms with E-state index in [1.165, 1.54) is 24.1 Å². The minimum Gasteiger partial charge on any atom is -0.371 e. The fraction of sp³-hybridized carbons (Fsp3) is 0.647. The normalized spacial score (nSPS) is 25.4. The molecule has 1 N–H and O–H groups in total. The average molecular weight is 309 g/mol. The van der Waals surface area contributed by atoms with Crippen LogP contribution in [0.25, 0.3) is 0 Å². The largest absolute Gasteiger partial charge is 0.371 e. The number of ether oxygens (including phenoxy) is 1. The number of nitrogens with zero attached hydrogens (tertiary/aromatic N) is 1. The molecule has 2 aliphatic rings. The number of hydrogen-bond donors (Lipinski definition) is 1. The van der Waals surface area contributed by atoms with Crippen LogP contribution in [-0.4, -0.2) is 30.8 Å². The summed E-state index contributed by atoms with van der Waals surface area (Å²) in [6, 6.07) is 6.23. The van der Waals surface area contributed by atoms with Gasteiger partial charge in [0.15, 0.2) is 0 Å². The van der Waals surface area contributed by atoms with E-state index in [0.717, 1.165) is 24.7 Å². The lowest BCUT2D eigenvalue weighted by molar-refractivity contribution is 0.0304. The summed E-state index contributed by atoms with van der Waals surface area (Å²) in [5, 5.41) is 4.40. The topological polar surface area (TPSA) is 24.5 Å². The Morgan fingerprint density at radius 3 is 2.52 bits per heavy atom. The molecule has 0 aromatic heterocycles. The Balaban J connectivity index is 1.82. The van der Waals surface area contributed by atoms with Gasteiger partial charge >= 0.3 is 0 Å². The van der Waals surface area contributed by atoms with Crippen molar-refractivity contribution < 1.29 is 4.74 Å². The molecule has 2 unspecified atom stereocenters. The van der Waals surface area contributed by atoms with E-state index in [-0.39, 0.29) is 5.54 Å². The number of benzene rings is 1. The van der Waals surface area contributed by atoms with Gasteiger partial charge in [-0.2, -0.15) is 0 Å². The van der Waals surface area contributed by atoms with E-state index in [1.54, 1.807) is 0 Å². The Kier molecular flexibility index (Phi) is 4.17. The highest BCUT2D eigenvalue weighted by Gasteiger charge is 2.34. The number of fused-ring (bicyclic) bond motifs is 2. The average Bonchev–Trinajstić information content (AvgIpc) is 2.75. The van der Waals surface area contributed by atoms with Crippen molar-refractivity contribution in [2.45, 2.75) is 57.9 Å². The van der Waals surface area contributed by atoms with Crippen molar-refractivity contribution in [3.8, 4) is 0 Å². The van der Waals surface area contributed by atoms with Crippen molar-refractivity contribution in [1.29, 1.82) is 0 Å². The molecular weight excluding hydrogens is 284 g/mol. The van der Waals surface area contributed by atoms with E-state index in [9.17, 15) is 0 Å². The number of morpholine rings is 1. The third-order valence-electron chi connectivity index (χ3n) is 4.27. The first-order valence-corrected chi connectivity index (χ1v) is 8.23. The molecule has 0 amide bonds. The lowest BCUT2D eigenvalue weighted by Crippen LogP contribution is -2.43. The van der Waals surface area contributed by atoms with Gasteiger partial charge in [-0.15, -0.1) is 0 Å². The molecule has 3 nitrogen and oxygen atoms in total. The zero-order valence-corrected chi connectivity index (χ0v) is 13.9. The first-order valence-electron chi connectivity index (χ1n) is 7.85. The van der Waals surface area contributed by atoms with Crippen LogP contribution in [-0.2, 0) is 11.3 Å². The number of nitrogens with one attached hydrogen (secondary N) is 1. The van der Waals surface area contributed by atoms with Gasteiger partial charge in [0.1, 0.15) is 0 Å². The molecular formula is C17H25ClN2O. The van der Waals surface area contributed by atoms with Crippen molar-refractivity contribution in [2.75, 3.05) is 18.0 Å². The molecule has 3 rings (SSSR count). The molecule has 0 radical (unpaired) electrons. The summed E-state index contributed by atoms with van der Waals surface area (Å²) < 4.78 is 5.94. The van der Waals surface area contributed by atoms with E-state index in [2.05, 4.69) is 43.1 Å². The minimum absolute atomic E-state index is 0.0838. The van der Waals surface area contributed by atoms with Crippen LogP contribution in [0.3, 0.4) is 0 Å². The fourth-order valence-electron chi connectivity index (χ4n) is 3.18. The zero-order chi connectivity index (χ0) is 15.0. The standard InChI is InChI=1S/C17H25ClN2O/c1-17(2,3)19-9-14-15(18)5-4-6-16(14)20-10-12-7-8-13(11-20)21-12/h4-6,12-13,19H,7-11H2,1-3H3. The first kappa shape index (κ1) is 15.1. The highest BCUT2D eigenvalue weighted by atomic mass is 35.5. The Labute approximate surface area is 132 Å². The molecule has 0 aliphatic carbocycles. The van der Waals surface area contributed by atoms with Crippen molar-refractivity contribution in [3.05, 3.63) is 28.8 Å². The highest BCUT2D eigenvalue weighted by molar-refractivity contribution is 6.31. The van der Waals surface area contributed by atoms with Crippen molar-refractivity contribution in [2.24, 2.45) is 0 Å². The third kappa shape index (κ3) is 3.53. The molecule has 1 aromatic rings. The third-order valence-corrected chi connectivity index (χ3v) is 4.63. The second-order valence-corrected chi connectivity index (χ2v) is 7.61. The summed E-state index contributed by atoms with van der Waals surface area (Å²) in [7, 11) is 0. The van der Waals surface area contributed by atoms with E-state index in [1.807, 2.05) is 6.07 Å². The lowest BCUT2D eigenvalue weighted by atomic mass is 10.1. The van der Waals surface area contributed by atoms with Crippen molar-refractivity contribution in [3.63, 3.8) is 0 Å². The van der Waals surface area contributed by atoms with Crippen molar-refractivity contribution in [1.82, 2.24) is 5.32 Å². The summed E-state index contributed by atoms with van der Waals surface area (Å²) in [4.78, 5) is 2.46. The van der Waals surface area contributed by atoms with Gasteiger partial charge in [-0.25, -0.2) is 0 Å². The second kappa shape index (κ2) is 5.79. The maximum Gasteiger partial charge on any atom is 0.0755 e. The lowest BCUT2D eigenvalue weighted by Gasteiger charge is -2.35. The van der Waals surface area contributed by atoms with Gasteiger partial charge in [-0.3, -0.25) is 0 Å². The van der Waals surface area contributed by atoms with Crippen LogP contribution in [0.2, 0.25) is 5.02 Å². The van der Waals surface area contributed by atoms with Crippen LogP contribution in [0.15, 0.2) is 18.2 Å². The molecule has 4 heteroatoms. The molecule has 21 heavy (non-hydrogen) atoms. The molecule has 0 spiro atoms. The predicted molar refractivity (Wildman–Crippen MR) is 88.2 cm³/mol. The maximum absolute atomic E-state index is 6.47. The van der Waals surface area contributed by atoms with Gasteiger partial charge < -0.3 is 15.0 Å². The number of rotatable bonds is 3. The van der Waals surface area contributed by atoms with Gasteiger partial charge in [-0.05, 0) is 45.7 Å². The Hall–Kier alpha value is -0.770. The quantitative estimate of drug-likeness (QED) is 0.923. The van der Waals surface area contributed by atoms with E-state index in [4.69, 9.17) is 16.3 Å². The highest BCUT2D eigenvalue weighted by Crippen LogP contribution is 2.34. The molecule has 2 aliphatic heterocycles. The number of halogens is 1. The van der Waals surface area contributed by atoms with Gasteiger partial charge in [-0.1, -0.05) is 17.7 Å². The summed E-state index contributed by atoms with van der Waals surface area (Å²) in [6.07, 6.45) is 3.17. The number of anilines is 1. The van der Waals surface area contributed by atoms with Crippen LogP contribution < -0.4 is 10.2 Å². The van der Waals surface area contributed by atoms with Gasteiger partial charge in [0, 0.05) is 41.4 Å². The zero-order valence-electron chi connectivity index (χ0n) is 13.2. The van der Waals surface area contributed by atoms with Crippen LogP contribution in [0, 0.1) is 0 Å². The molecule has 2 fully saturated rings. The smallest absolute Gasteiger partial charge is 0.0755 e. The summed E-state index contributed by atoms with van der Waals surface area (Å²) in [5.41, 5.74) is 2.55. The van der Waals surface area contributed by atoms with Gasteiger partial charge in [0.05, 0.1) is 12.2 Å². The predicted octanol–water partition coefficient (Wildman–Crippen LogP) is 3.60. The molecule has 0 saturated carbocycles. The van der Waals surface area contributed by atoms with Crippen LogP contribution in [0.5, 0.6) is 0 Å². The summed E-state index contributed by atoms with van der Waals surface area (Å²) in [5.74, 6) is 0. The second-order valence-electron chi connectivity index (χ2n) is 7.20. The Morgan fingerprint density at radius 2 is 1.90 bits per heavy atom. The van der Waals surface area contributed by atoms with Crippen LogP contribution >= 0.6 is 11.6 Å². The molecule has 2 heterocycles.